The first-order valence-electron chi connectivity index (χ1n) is 7.36. The Morgan fingerprint density at radius 1 is 1.28 bits per heavy atom. The first-order valence-corrected chi connectivity index (χ1v) is 7.36. The Hall–Kier alpha value is -0.900. The van der Waals surface area contributed by atoms with E-state index in [4.69, 9.17) is 4.52 Å². The Bertz CT molecular complexity index is 401. The van der Waals surface area contributed by atoms with Crippen LogP contribution in [0.5, 0.6) is 0 Å². The molecule has 2 saturated carbocycles. The van der Waals surface area contributed by atoms with Crippen molar-refractivity contribution in [2.75, 3.05) is 6.54 Å². The number of nitrogens with zero attached hydrogens (tertiary/aromatic N) is 2. The lowest BCUT2D eigenvalue weighted by Gasteiger charge is -2.29. The molecule has 4 atom stereocenters. The number of likely N-dealkylation sites (N-methyl/N-ethyl adjacent to an activating group) is 1. The number of hydrogen-bond acceptors (Lipinski definition) is 4. The summed E-state index contributed by atoms with van der Waals surface area (Å²) in [6.45, 7) is 5.43. The van der Waals surface area contributed by atoms with Gasteiger partial charge in [0.25, 0.3) is 0 Å². The first-order chi connectivity index (χ1) is 8.79. The minimum Gasteiger partial charge on any atom is -0.339 e. The summed E-state index contributed by atoms with van der Waals surface area (Å²) in [7, 11) is 0. The van der Waals surface area contributed by atoms with Crippen molar-refractivity contribution in [2.24, 2.45) is 5.92 Å². The van der Waals surface area contributed by atoms with Gasteiger partial charge in [0, 0.05) is 12.0 Å². The van der Waals surface area contributed by atoms with Gasteiger partial charge in [0.05, 0.1) is 5.92 Å². The maximum absolute atomic E-state index is 5.53. The van der Waals surface area contributed by atoms with E-state index in [1.54, 1.807) is 0 Å². The van der Waals surface area contributed by atoms with Crippen molar-refractivity contribution >= 4 is 0 Å². The van der Waals surface area contributed by atoms with Crippen molar-refractivity contribution in [1.29, 1.82) is 0 Å². The fourth-order valence-electron chi connectivity index (χ4n) is 3.16. The summed E-state index contributed by atoms with van der Waals surface area (Å²) in [5.41, 5.74) is 0. The number of hydrogen-bond donors (Lipinski definition) is 1. The van der Waals surface area contributed by atoms with Crippen molar-refractivity contribution in [3.63, 3.8) is 0 Å². The SMILES string of the molecule is CCNC1CCCCC1c1nc(C2CC2C)no1. The Morgan fingerprint density at radius 3 is 2.78 bits per heavy atom. The van der Waals surface area contributed by atoms with Crippen LogP contribution < -0.4 is 5.32 Å². The lowest BCUT2D eigenvalue weighted by molar-refractivity contribution is 0.264. The molecule has 1 aromatic heterocycles. The molecule has 0 aliphatic heterocycles. The average molecular weight is 249 g/mol. The molecule has 4 heteroatoms. The fourth-order valence-corrected chi connectivity index (χ4v) is 3.16. The minimum absolute atomic E-state index is 0.425. The molecule has 2 aliphatic rings. The fraction of sp³-hybridized carbons (Fsp3) is 0.857. The maximum Gasteiger partial charge on any atom is 0.231 e. The average Bonchev–Trinajstić information content (AvgIpc) is 2.92. The summed E-state index contributed by atoms with van der Waals surface area (Å²) in [6.07, 6.45) is 6.23. The van der Waals surface area contributed by atoms with Crippen molar-refractivity contribution in [3.05, 3.63) is 11.7 Å². The maximum atomic E-state index is 5.53. The molecule has 4 nitrogen and oxygen atoms in total. The molecule has 0 amide bonds. The van der Waals surface area contributed by atoms with E-state index in [-0.39, 0.29) is 0 Å². The number of rotatable bonds is 4. The Balaban J connectivity index is 1.73. The van der Waals surface area contributed by atoms with Crippen LogP contribution in [0.1, 0.15) is 69.5 Å². The van der Waals surface area contributed by atoms with Gasteiger partial charge in [-0.2, -0.15) is 4.98 Å². The lowest BCUT2D eigenvalue weighted by atomic mass is 9.84. The van der Waals surface area contributed by atoms with E-state index < -0.39 is 0 Å². The molecule has 1 N–H and O–H groups in total. The molecule has 100 valence electrons. The van der Waals surface area contributed by atoms with E-state index in [1.165, 1.54) is 32.1 Å². The van der Waals surface area contributed by atoms with Crippen LogP contribution in [0.3, 0.4) is 0 Å². The third kappa shape index (κ3) is 2.30. The number of aromatic nitrogens is 2. The Labute approximate surface area is 109 Å². The molecule has 2 aliphatic carbocycles. The summed E-state index contributed by atoms with van der Waals surface area (Å²) < 4.78 is 5.53. The molecule has 0 bridgehead atoms. The molecule has 3 rings (SSSR count). The van der Waals surface area contributed by atoms with E-state index in [0.717, 1.165) is 24.2 Å². The highest BCUT2D eigenvalue weighted by molar-refractivity contribution is 5.10. The Morgan fingerprint density at radius 2 is 2.06 bits per heavy atom. The standard InChI is InChI=1S/C14H23N3O/c1-3-15-12-7-5-4-6-10(12)14-16-13(17-18-14)11-8-9(11)2/h9-12,15H,3-8H2,1-2H3. The van der Waals surface area contributed by atoms with E-state index in [2.05, 4.69) is 29.3 Å². The molecule has 1 aromatic rings. The van der Waals surface area contributed by atoms with Crippen LogP contribution in [0.15, 0.2) is 4.52 Å². The molecule has 18 heavy (non-hydrogen) atoms. The summed E-state index contributed by atoms with van der Waals surface area (Å²) in [5.74, 6) is 3.54. The third-order valence-electron chi connectivity index (χ3n) is 4.45. The molecule has 4 unspecified atom stereocenters. The van der Waals surface area contributed by atoms with Crippen LogP contribution in [-0.4, -0.2) is 22.7 Å². The summed E-state index contributed by atoms with van der Waals surface area (Å²) >= 11 is 0. The molecule has 0 radical (unpaired) electrons. The van der Waals surface area contributed by atoms with Gasteiger partial charge in [0.1, 0.15) is 0 Å². The second kappa shape index (κ2) is 5.00. The third-order valence-corrected chi connectivity index (χ3v) is 4.45. The quantitative estimate of drug-likeness (QED) is 0.891. The van der Waals surface area contributed by atoms with Crippen molar-refractivity contribution in [3.8, 4) is 0 Å². The van der Waals surface area contributed by atoms with Crippen LogP contribution in [0.2, 0.25) is 0 Å². The van der Waals surface area contributed by atoms with Gasteiger partial charge in [-0.25, -0.2) is 0 Å². The van der Waals surface area contributed by atoms with Crippen molar-refractivity contribution in [1.82, 2.24) is 15.5 Å². The van der Waals surface area contributed by atoms with Crippen LogP contribution >= 0.6 is 0 Å². The van der Waals surface area contributed by atoms with Crippen LogP contribution in [0.25, 0.3) is 0 Å². The summed E-state index contributed by atoms with van der Waals surface area (Å²) in [5, 5.41) is 7.75. The lowest BCUT2D eigenvalue weighted by Crippen LogP contribution is -2.37. The summed E-state index contributed by atoms with van der Waals surface area (Å²) in [4.78, 5) is 4.66. The monoisotopic (exact) mass is 249 g/mol. The molecule has 0 spiro atoms. The highest BCUT2D eigenvalue weighted by atomic mass is 16.5. The van der Waals surface area contributed by atoms with Gasteiger partial charge in [0.2, 0.25) is 5.89 Å². The molecule has 0 aromatic carbocycles. The van der Waals surface area contributed by atoms with Gasteiger partial charge >= 0.3 is 0 Å². The van der Waals surface area contributed by atoms with Crippen LogP contribution in [0, 0.1) is 5.92 Å². The zero-order chi connectivity index (χ0) is 12.5. The van der Waals surface area contributed by atoms with Gasteiger partial charge in [-0.05, 0) is 31.7 Å². The van der Waals surface area contributed by atoms with Crippen LogP contribution in [-0.2, 0) is 0 Å². The largest absolute Gasteiger partial charge is 0.339 e. The predicted octanol–water partition coefficient (Wildman–Crippen LogP) is 2.83. The summed E-state index contributed by atoms with van der Waals surface area (Å²) in [6, 6.07) is 0.522. The van der Waals surface area contributed by atoms with Gasteiger partial charge in [-0.1, -0.05) is 31.8 Å². The molecule has 2 fully saturated rings. The number of nitrogens with one attached hydrogen (secondary N) is 1. The predicted molar refractivity (Wildman–Crippen MR) is 69.5 cm³/mol. The smallest absolute Gasteiger partial charge is 0.231 e. The zero-order valence-corrected chi connectivity index (χ0v) is 11.4. The molecule has 0 saturated heterocycles. The molecule has 1 heterocycles. The van der Waals surface area contributed by atoms with E-state index in [1.807, 2.05) is 0 Å². The van der Waals surface area contributed by atoms with Crippen LogP contribution in [0.4, 0.5) is 0 Å². The van der Waals surface area contributed by atoms with Gasteiger partial charge in [0.15, 0.2) is 5.82 Å². The second-order valence-corrected chi connectivity index (χ2v) is 5.87. The second-order valence-electron chi connectivity index (χ2n) is 5.87. The van der Waals surface area contributed by atoms with E-state index >= 15 is 0 Å². The zero-order valence-electron chi connectivity index (χ0n) is 11.4. The molecular formula is C14H23N3O. The molecular weight excluding hydrogens is 226 g/mol. The minimum atomic E-state index is 0.425. The van der Waals surface area contributed by atoms with Crippen molar-refractivity contribution in [2.45, 2.75) is 63.8 Å². The van der Waals surface area contributed by atoms with Gasteiger partial charge in [-0.15, -0.1) is 0 Å². The first kappa shape index (κ1) is 12.2. The van der Waals surface area contributed by atoms with Gasteiger partial charge < -0.3 is 9.84 Å². The van der Waals surface area contributed by atoms with E-state index in [0.29, 0.717) is 17.9 Å². The normalized spacial score (nSPS) is 35.7. The highest BCUT2D eigenvalue weighted by Gasteiger charge is 2.39. The Kier molecular flexibility index (Phi) is 3.37. The van der Waals surface area contributed by atoms with Gasteiger partial charge in [-0.3, -0.25) is 0 Å². The highest BCUT2D eigenvalue weighted by Crippen LogP contribution is 2.46. The van der Waals surface area contributed by atoms with E-state index in [9.17, 15) is 0 Å². The van der Waals surface area contributed by atoms with Crippen molar-refractivity contribution < 1.29 is 4.52 Å². The topological polar surface area (TPSA) is 51.0 Å².